The molecule has 1 aromatic heterocycles. The first-order valence-electron chi connectivity index (χ1n) is 6.85. The zero-order valence-electron chi connectivity index (χ0n) is 12.2. The minimum absolute atomic E-state index is 0.0192. The molecule has 23 heavy (non-hydrogen) atoms. The van der Waals surface area contributed by atoms with Gasteiger partial charge in [0.05, 0.1) is 12.8 Å². The van der Waals surface area contributed by atoms with Crippen LogP contribution in [0.4, 0.5) is 5.69 Å². The number of H-pyrrole nitrogens is 1. The molecule has 3 aromatic rings. The Morgan fingerprint density at radius 3 is 2.78 bits per heavy atom. The molecule has 0 radical (unpaired) electrons. The number of anilines is 1. The van der Waals surface area contributed by atoms with Crippen LogP contribution in [0.5, 0.6) is 5.75 Å². The van der Waals surface area contributed by atoms with Gasteiger partial charge >= 0.3 is 0 Å². The third-order valence-electron chi connectivity index (χ3n) is 3.44. The van der Waals surface area contributed by atoms with E-state index in [0.717, 1.165) is 0 Å². The maximum atomic E-state index is 12.4. The summed E-state index contributed by atoms with van der Waals surface area (Å²) in [5.74, 6) is -0.0717. The van der Waals surface area contributed by atoms with Crippen LogP contribution in [0.3, 0.4) is 0 Å². The van der Waals surface area contributed by atoms with Crippen molar-refractivity contribution in [3.05, 3.63) is 69.5 Å². The number of halogens is 1. The summed E-state index contributed by atoms with van der Waals surface area (Å²) in [6.45, 7) is 0. The highest BCUT2D eigenvalue weighted by Gasteiger charge is 2.15. The molecule has 0 spiro atoms. The molecule has 0 aliphatic heterocycles. The van der Waals surface area contributed by atoms with Gasteiger partial charge in [-0.1, -0.05) is 23.7 Å². The van der Waals surface area contributed by atoms with E-state index in [1.54, 1.807) is 36.4 Å². The number of methoxy groups -OCH3 is 1. The highest BCUT2D eigenvalue weighted by atomic mass is 35.5. The molecule has 116 valence electrons. The number of carbonyl (C=O) groups excluding carboxylic acids is 1. The molecule has 2 N–H and O–H groups in total. The van der Waals surface area contributed by atoms with Gasteiger partial charge in [0.1, 0.15) is 11.3 Å². The number of aromatic amines is 1. The molecule has 0 aliphatic carbocycles. The lowest BCUT2D eigenvalue weighted by molar-refractivity contribution is 0.102. The summed E-state index contributed by atoms with van der Waals surface area (Å²) in [6, 6.07) is 11.9. The largest absolute Gasteiger partial charge is 0.495 e. The van der Waals surface area contributed by atoms with Gasteiger partial charge in [-0.15, -0.1) is 0 Å². The number of para-hydroxylation sites is 1. The monoisotopic (exact) mass is 328 g/mol. The van der Waals surface area contributed by atoms with E-state index >= 15 is 0 Å². The average Bonchev–Trinajstić information content (AvgIpc) is 2.55. The fourth-order valence-electron chi connectivity index (χ4n) is 2.30. The smallest absolute Gasteiger partial charge is 0.261 e. The molecule has 0 atom stereocenters. The van der Waals surface area contributed by atoms with Crippen molar-refractivity contribution >= 4 is 34.1 Å². The van der Waals surface area contributed by atoms with Crippen LogP contribution in [-0.4, -0.2) is 18.0 Å². The lowest BCUT2D eigenvalue weighted by atomic mass is 10.1. The van der Waals surface area contributed by atoms with E-state index in [9.17, 15) is 9.59 Å². The lowest BCUT2D eigenvalue weighted by Gasteiger charge is -2.10. The van der Waals surface area contributed by atoms with Crippen LogP contribution in [0.25, 0.3) is 10.9 Å². The van der Waals surface area contributed by atoms with Gasteiger partial charge in [0, 0.05) is 22.1 Å². The van der Waals surface area contributed by atoms with Crippen molar-refractivity contribution in [2.24, 2.45) is 0 Å². The molecule has 0 unspecified atom stereocenters. The van der Waals surface area contributed by atoms with Crippen molar-refractivity contribution in [3.63, 3.8) is 0 Å². The number of hydrogen-bond acceptors (Lipinski definition) is 3. The number of rotatable bonds is 3. The van der Waals surface area contributed by atoms with E-state index in [1.165, 1.54) is 13.3 Å². The molecule has 6 heteroatoms. The molecule has 0 saturated carbocycles. The minimum atomic E-state index is -0.530. The number of pyridine rings is 1. The Labute approximate surface area is 136 Å². The molecule has 0 saturated heterocycles. The normalized spacial score (nSPS) is 10.5. The molecule has 0 aliphatic rings. The second-order valence-corrected chi connectivity index (χ2v) is 5.31. The Hall–Kier alpha value is -2.79. The van der Waals surface area contributed by atoms with E-state index in [0.29, 0.717) is 27.4 Å². The van der Waals surface area contributed by atoms with Gasteiger partial charge in [-0.2, -0.15) is 0 Å². The van der Waals surface area contributed by atoms with Crippen molar-refractivity contribution in [2.75, 3.05) is 12.4 Å². The Kier molecular flexibility index (Phi) is 4.04. The Morgan fingerprint density at radius 1 is 1.22 bits per heavy atom. The summed E-state index contributed by atoms with van der Waals surface area (Å²) < 4.78 is 5.18. The molecule has 0 fully saturated rings. The zero-order valence-corrected chi connectivity index (χ0v) is 13.0. The summed E-state index contributed by atoms with van der Waals surface area (Å²) in [5, 5.41) is 3.56. The van der Waals surface area contributed by atoms with Crippen LogP contribution in [0.15, 0.2) is 53.5 Å². The summed E-state index contributed by atoms with van der Waals surface area (Å²) in [5.41, 5.74) is 0.760. The van der Waals surface area contributed by atoms with Gasteiger partial charge in [-0.3, -0.25) is 9.59 Å². The maximum Gasteiger partial charge on any atom is 0.261 e. The maximum absolute atomic E-state index is 12.4. The van der Waals surface area contributed by atoms with Gasteiger partial charge in [-0.05, 0) is 30.3 Å². The highest BCUT2D eigenvalue weighted by Crippen LogP contribution is 2.27. The molecule has 3 rings (SSSR count). The van der Waals surface area contributed by atoms with Crippen molar-refractivity contribution in [3.8, 4) is 5.75 Å². The first-order chi connectivity index (χ1) is 11.1. The van der Waals surface area contributed by atoms with Crippen LogP contribution in [-0.2, 0) is 0 Å². The predicted molar refractivity (Wildman–Crippen MR) is 90.5 cm³/mol. The third kappa shape index (κ3) is 2.91. The number of aromatic nitrogens is 1. The second-order valence-electron chi connectivity index (χ2n) is 4.88. The zero-order chi connectivity index (χ0) is 16.4. The quantitative estimate of drug-likeness (QED) is 0.773. The third-order valence-corrected chi connectivity index (χ3v) is 3.68. The second kappa shape index (κ2) is 6.14. The van der Waals surface area contributed by atoms with Crippen molar-refractivity contribution in [2.45, 2.75) is 0 Å². The van der Waals surface area contributed by atoms with E-state index < -0.39 is 5.91 Å². The average molecular weight is 329 g/mol. The summed E-state index contributed by atoms with van der Waals surface area (Å²) >= 11 is 5.94. The number of hydrogen-bond donors (Lipinski definition) is 2. The Bertz CT molecular complexity index is 950. The first-order valence-corrected chi connectivity index (χ1v) is 7.23. The molecule has 2 aromatic carbocycles. The standard InChI is InChI=1S/C17H13ClN2O3/c1-23-15-7-6-10(18)8-14(15)20-17(22)12-9-19-13-5-3-2-4-11(13)16(12)21/h2-9H,1H3,(H,19,21)(H,20,22). The molecular weight excluding hydrogens is 316 g/mol. The van der Waals surface area contributed by atoms with Gasteiger partial charge < -0.3 is 15.0 Å². The number of nitrogens with one attached hydrogen (secondary N) is 2. The topological polar surface area (TPSA) is 71.2 Å². The molecule has 0 bridgehead atoms. The number of amides is 1. The van der Waals surface area contributed by atoms with Crippen LogP contribution in [0.1, 0.15) is 10.4 Å². The van der Waals surface area contributed by atoms with Crippen molar-refractivity contribution in [1.82, 2.24) is 4.98 Å². The molecule has 5 nitrogen and oxygen atoms in total. The lowest BCUT2D eigenvalue weighted by Crippen LogP contribution is -2.22. The fourth-order valence-corrected chi connectivity index (χ4v) is 2.48. The first kappa shape index (κ1) is 15.1. The fraction of sp³-hybridized carbons (Fsp3) is 0.0588. The van der Waals surface area contributed by atoms with Crippen molar-refractivity contribution in [1.29, 1.82) is 0 Å². The van der Waals surface area contributed by atoms with Crippen LogP contribution < -0.4 is 15.5 Å². The van der Waals surface area contributed by atoms with E-state index in [-0.39, 0.29) is 11.0 Å². The van der Waals surface area contributed by atoms with E-state index in [4.69, 9.17) is 16.3 Å². The van der Waals surface area contributed by atoms with Gasteiger partial charge in [-0.25, -0.2) is 0 Å². The number of ether oxygens (including phenoxy) is 1. The minimum Gasteiger partial charge on any atom is -0.495 e. The van der Waals surface area contributed by atoms with E-state index in [1.807, 2.05) is 6.07 Å². The summed E-state index contributed by atoms with van der Waals surface area (Å²) in [4.78, 5) is 27.8. The van der Waals surface area contributed by atoms with Crippen molar-refractivity contribution < 1.29 is 9.53 Å². The number of fused-ring (bicyclic) bond motifs is 1. The number of benzene rings is 2. The van der Waals surface area contributed by atoms with Gasteiger partial charge in [0.25, 0.3) is 5.91 Å². The Balaban J connectivity index is 2.00. The highest BCUT2D eigenvalue weighted by molar-refractivity contribution is 6.31. The Morgan fingerprint density at radius 2 is 2.00 bits per heavy atom. The predicted octanol–water partition coefficient (Wildman–Crippen LogP) is 3.44. The van der Waals surface area contributed by atoms with Crippen LogP contribution in [0, 0.1) is 0 Å². The summed E-state index contributed by atoms with van der Waals surface area (Å²) in [7, 11) is 1.49. The molecule has 1 amide bonds. The molecule has 1 heterocycles. The van der Waals surface area contributed by atoms with Gasteiger partial charge in [0.15, 0.2) is 0 Å². The van der Waals surface area contributed by atoms with Crippen LogP contribution in [0.2, 0.25) is 5.02 Å². The van der Waals surface area contributed by atoms with Gasteiger partial charge in [0.2, 0.25) is 5.43 Å². The van der Waals surface area contributed by atoms with E-state index in [2.05, 4.69) is 10.3 Å². The number of carbonyl (C=O) groups is 1. The SMILES string of the molecule is COc1ccc(Cl)cc1NC(=O)c1c[nH]c2ccccc2c1=O. The summed E-state index contributed by atoms with van der Waals surface area (Å²) in [6.07, 6.45) is 1.40. The van der Waals surface area contributed by atoms with Crippen LogP contribution >= 0.6 is 11.6 Å². The molecular formula is C17H13ClN2O3.